The summed E-state index contributed by atoms with van der Waals surface area (Å²) in [5, 5.41) is -0.408. The normalized spacial score (nSPS) is 13.4. The van der Waals surface area contributed by atoms with Gasteiger partial charge in [0.15, 0.2) is 0 Å². The second-order valence-electron chi connectivity index (χ2n) is 5.19. The molecule has 0 fully saturated rings. The maximum atomic E-state index is 13.0. The van der Waals surface area contributed by atoms with Crippen LogP contribution in [0.1, 0.15) is 45.7 Å². The van der Waals surface area contributed by atoms with E-state index in [4.69, 9.17) is 11.6 Å². The summed E-state index contributed by atoms with van der Waals surface area (Å²) in [6, 6.07) is 2.62. The highest BCUT2D eigenvalue weighted by molar-refractivity contribution is 7.83. The first-order chi connectivity index (χ1) is 9.43. The second kappa shape index (κ2) is 7.61. The van der Waals surface area contributed by atoms with Gasteiger partial charge >= 0.3 is 6.18 Å². The minimum atomic E-state index is -4.65. The third-order valence-corrected chi connectivity index (χ3v) is 4.20. The lowest BCUT2D eigenvalue weighted by Gasteiger charge is -2.22. The standard InChI is InChI=1S/C12H15ClF3NOS.C2H6/c1-7-5-6-8(19(18)17-11(2,3)4)9(10(7)13)12(14,15)16;1-2/h5-6,17H,1-4H3;1-2H3. The molecule has 0 radical (unpaired) electrons. The quantitative estimate of drug-likeness (QED) is 0.794. The van der Waals surface area contributed by atoms with E-state index in [9.17, 15) is 17.4 Å². The predicted octanol–water partition coefficient (Wildman–Crippen LogP) is 5.10. The molecule has 0 heterocycles. The van der Waals surface area contributed by atoms with Crippen LogP contribution in [-0.2, 0) is 17.2 Å². The van der Waals surface area contributed by atoms with Gasteiger partial charge in [-0.25, -0.2) is 8.93 Å². The molecule has 1 aromatic rings. The molecule has 0 amide bonds. The number of hydrogen-bond acceptors (Lipinski definition) is 1. The van der Waals surface area contributed by atoms with Crippen molar-refractivity contribution in [2.45, 2.75) is 58.2 Å². The lowest BCUT2D eigenvalue weighted by atomic mass is 10.1. The number of rotatable bonds is 2. The molecule has 0 saturated carbocycles. The van der Waals surface area contributed by atoms with Gasteiger partial charge in [-0.05, 0) is 39.3 Å². The number of hydrogen-bond donors (Lipinski definition) is 1. The first kappa shape index (κ1) is 20.4. The molecule has 0 bridgehead atoms. The molecule has 2 nitrogen and oxygen atoms in total. The first-order valence-electron chi connectivity index (χ1n) is 6.49. The summed E-state index contributed by atoms with van der Waals surface area (Å²) in [5.74, 6) is 0. The van der Waals surface area contributed by atoms with Crippen LogP contribution in [0.4, 0.5) is 13.2 Å². The number of nitrogens with one attached hydrogen (secondary N) is 1. The number of halogens is 4. The largest absolute Gasteiger partial charge is 0.419 e. The van der Waals surface area contributed by atoms with E-state index in [-0.39, 0.29) is 4.90 Å². The van der Waals surface area contributed by atoms with Crippen molar-refractivity contribution in [3.05, 3.63) is 28.3 Å². The molecule has 1 unspecified atom stereocenters. The van der Waals surface area contributed by atoms with E-state index in [0.29, 0.717) is 5.56 Å². The van der Waals surface area contributed by atoms with E-state index in [0.717, 1.165) is 0 Å². The maximum absolute atomic E-state index is 13.0. The van der Waals surface area contributed by atoms with Gasteiger partial charge in [0, 0.05) is 5.54 Å². The van der Waals surface area contributed by atoms with Crippen LogP contribution in [0.2, 0.25) is 5.02 Å². The number of aryl methyl sites for hydroxylation is 1. The average Bonchev–Trinajstić information content (AvgIpc) is 2.31. The van der Waals surface area contributed by atoms with Crippen molar-refractivity contribution in [3.8, 4) is 0 Å². The molecule has 1 N–H and O–H groups in total. The number of benzene rings is 1. The molecule has 0 aliphatic rings. The Hall–Kier alpha value is -0.590. The van der Waals surface area contributed by atoms with Crippen LogP contribution in [0.3, 0.4) is 0 Å². The van der Waals surface area contributed by atoms with Crippen LogP contribution in [0.5, 0.6) is 0 Å². The number of alkyl halides is 3. The molecule has 1 atom stereocenters. The molecular weight excluding hydrogens is 323 g/mol. The summed E-state index contributed by atoms with van der Waals surface area (Å²) in [7, 11) is -1.98. The molecule has 21 heavy (non-hydrogen) atoms. The van der Waals surface area contributed by atoms with Crippen molar-refractivity contribution in [1.29, 1.82) is 0 Å². The lowest BCUT2D eigenvalue weighted by molar-refractivity contribution is -0.139. The van der Waals surface area contributed by atoms with Gasteiger partial charge in [-0.3, -0.25) is 0 Å². The van der Waals surface area contributed by atoms with Crippen LogP contribution < -0.4 is 4.72 Å². The average molecular weight is 344 g/mol. The zero-order valence-electron chi connectivity index (χ0n) is 13.0. The van der Waals surface area contributed by atoms with Crippen molar-refractivity contribution in [2.75, 3.05) is 0 Å². The third-order valence-electron chi connectivity index (χ3n) is 2.18. The van der Waals surface area contributed by atoms with Gasteiger partial charge in [0.25, 0.3) is 0 Å². The van der Waals surface area contributed by atoms with Gasteiger partial charge in [-0.1, -0.05) is 31.5 Å². The van der Waals surface area contributed by atoms with E-state index in [2.05, 4.69) is 4.72 Å². The molecule has 7 heteroatoms. The fourth-order valence-corrected chi connectivity index (χ4v) is 3.00. The molecule has 1 rings (SSSR count). The van der Waals surface area contributed by atoms with Crippen LogP contribution in [0, 0.1) is 6.92 Å². The van der Waals surface area contributed by atoms with E-state index in [1.165, 1.54) is 19.1 Å². The maximum Gasteiger partial charge on any atom is 0.419 e. The van der Waals surface area contributed by atoms with Gasteiger partial charge < -0.3 is 0 Å². The van der Waals surface area contributed by atoms with Crippen LogP contribution in [-0.4, -0.2) is 9.75 Å². The Balaban J connectivity index is 0.00000191. The fourth-order valence-electron chi connectivity index (χ4n) is 1.41. The topological polar surface area (TPSA) is 29.1 Å². The SMILES string of the molecule is CC.Cc1ccc(S(=O)NC(C)(C)C)c(C(F)(F)F)c1Cl. The highest BCUT2D eigenvalue weighted by Crippen LogP contribution is 2.39. The highest BCUT2D eigenvalue weighted by Gasteiger charge is 2.38. The Morgan fingerprint density at radius 2 is 1.62 bits per heavy atom. The Bertz CT molecular complexity index is 510. The van der Waals surface area contributed by atoms with Crippen LogP contribution >= 0.6 is 11.6 Å². The Morgan fingerprint density at radius 1 is 1.14 bits per heavy atom. The minimum Gasteiger partial charge on any atom is -0.237 e. The van der Waals surface area contributed by atoms with Crippen molar-refractivity contribution >= 4 is 22.6 Å². The molecule has 0 aliphatic heterocycles. The molecule has 0 aliphatic carbocycles. The second-order valence-corrected chi connectivity index (χ2v) is 6.75. The monoisotopic (exact) mass is 343 g/mol. The molecule has 1 aromatic carbocycles. The summed E-state index contributed by atoms with van der Waals surface area (Å²) < 4.78 is 53.7. The van der Waals surface area contributed by atoms with Gasteiger partial charge in [0.2, 0.25) is 0 Å². The van der Waals surface area contributed by atoms with Crippen LogP contribution in [0.25, 0.3) is 0 Å². The van der Waals surface area contributed by atoms with Gasteiger partial charge in [0.1, 0.15) is 11.0 Å². The summed E-state index contributed by atoms with van der Waals surface area (Å²) >= 11 is 5.72. The zero-order valence-corrected chi connectivity index (χ0v) is 14.6. The predicted molar refractivity (Wildman–Crippen MR) is 81.8 cm³/mol. The minimum absolute atomic E-state index is 0.297. The Morgan fingerprint density at radius 3 is 2.00 bits per heavy atom. The fraction of sp³-hybridized carbons (Fsp3) is 0.571. The molecule has 0 saturated heterocycles. The van der Waals surface area contributed by atoms with Gasteiger partial charge in [-0.15, -0.1) is 0 Å². The molecular formula is C14H21ClF3NOS. The van der Waals surface area contributed by atoms with E-state index >= 15 is 0 Å². The molecule has 122 valence electrons. The summed E-state index contributed by atoms with van der Waals surface area (Å²) in [4.78, 5) is -0.349. The first-order valence-corrected chi connectivity index (χ1v) is 8.02. The van der Waals surface area contributed by atoms with E-state index in [1.807, 2.05) is 13.8 Å². The van der Waals surface area contributed by atoms with Gasteiger partial charge in [-0.2, -0.15) is 13.2 Å². The molecule has 0 aromatic heterocycles. The third kappa shape index (κ3) is 5.96. The smallest absolute Gasteiger partial charge is 0.237 e. The van der Waals surface area contributed by atoms with Crippen molar-refractivity contribution in [2.24, 2.45) is 0 Å². The summed E-state index contributed by atoms with van der Waals surface area (Å²) in [5.41, 5.74) is -1.32. The lowest BCUT2D eigenvalue weighted by Crippen LogP contribution is -2.37. The van der Waals surface area contributed by atoms with Crippen LogP contribution in [0.15, 0.2) is 17.0 Å². The van der Waals surface area contributed by atoms with E-state index < -0.39 is 33.3 Å². The van der Waals surface area contributed by atoms with Crippen molar-refractivity contribution < 1.29 is 17.4 Å². The summed E-state index contributed by atoms with van der Waals surface area (Å²) in [6.07, 6.45) is -4.65. The summed E-state index contributed by atoms with van der Waals surface area (Å²) in [6.45, 7) is 10.6. The van der Waals surface area contributed by atoms with Crippen molar-refractivity contribution in [1.82, 2.24) is 4.72 Å². The Kier molecular flexibility index (Phi) is 7.39. The van der Waals surface area contributed by atoms with Gasteiger partial charge in [0.05, 0.1) is 15.5 Å². The Labute approximate surface area is 131 Å². The van der Waals surface area contributed by atoms with Crippen molar-refractivity contribution in [3.63, 3.8) is 0 Å². The highest BCUT2D eigenvalue weighted by atomic mass is 35.5. The van der Waals surface area contributed by atoms with E-state index in [1.54, 1.807) is 20.8 Å². The molecule has 0 spiro atoms. The zero-order chi connectivity index (χ0) is 17.0.